The molecule has 0 aliphatic rings. The van der Waals surface area contributed by atoms with Crippen LogP contribution in [-0.2, 0) is 24.0 Å². The molecule has 326 valence electrons. The molecular formula is C37H75Cl4N9O5. The lowest BCUT2D eigenvalue weighted by Gasteiger charge is -2.29. The van der Waals surface area contributed by atoms with E-state index in [4.69, 9.17) is 22.9 Å². The van der Waals surface area contributed by atoms with Gasteiger partial charge in [-0.25, -0.2) is 0 Å². The normalized spacial score (nSPS) is 11.7. The number of nitrogens with two attached hydrogens (primary N) is 4. The molecule has 0 radical (unpaired) electrons. The molecule has 0 rings (SSSR count). The molecular weight excluding hydrogens is 792 g/mol. The van der Waals surface area contributed by atoms with Gasteiger partial charge in [0.05, 0.1) is 18.0 Å². The Kier molecular flexibility index (Phi) is 48.5. The Labute approximate surface area is 355 Å². The number of nitrogens with zero attached hydrogens (tertiary/aromatic N) is 1. The van der Waals surface area contributed by atoms with E-state index in [0.717, 1.165) is 25.7 Å². The summed E-state index contributed by atoms with van der Waals surface area (Å²) in [5, 5.41) is 11.5. The molecule has 0 bridgehead atoms. The third-order valence-electron chi connectivity index (χ3n) is 8.30. The molecule has 18 heteroatoms. The summed E-state index contributed by atoms with van der Waals surface area (Å²) in [7, 11) is 0. The van der Waals surface area contributed by atoms with Crippen LogP contribution in [0.25, 0.3) is 0 Å². The van der Waals surface area contributed by atoms with Crippen LogP contribution in [0, 0.1) is 5.92 Å². The standard InChI is InChI=1S/C37H71N9O5.4ClH/c1-3-5-7-9-20-33(47)42-24-15-16-26-46(27-17-25-43-34(48)21-10-8-6-4-2)37(51)30(28-44-35(49)31(40)18-11-13-22-38)29-45-36(50)32(41)19-12-14-23-39;;;;/h5-8,30-32H,3-4,9-29,38-41H2,1-2H3,(H,42,47)(H,43,48)(H,44,49)(H,45,50);4*1H/b7-5-,8-6-;;;;/t31-,32-;;;;/m0..../s1. The molecule has 0 fully saturated rings. The molecule has 0 unspecified atom stereocenters. The maximum Gasteiger partial charge on any atom is 0.236 e. The molecule has 0 aromatic heterocycles. The average molecular weight is 868 g/mol. The summed E-state index contributed by atoms with van der Waals surface area (Å²) in [6.07, 6.45) is 17.8. The zero-order valence-corrected chi connectivity index (χ0v) is 36.5. The molecule has 0 saturated carbocycles. The molecule has 12 N–H and O–H groups in total. The van der Waals surface area contributed by atoms with Crippen molar-refractivity contribution in [3.8, 4) is 0 Å². The topological polar surface area (TPSA) is 241 Å². The quantitative estimate of drug-likeness (QED) is 0.0366. The Morgan fingerprint density at radius 1 is 0.564 bits per heavy atom. The summed E-state index contributed by atoms with van der Waals surface area (Å²) in [5.74, 6) is -1.84. The van der Waals surface area contributed by atoms with Gasteiger partial charge in [-0.3, -0.25) is 24.0 Å². The lowest BCUT2D eigenvalue weighted by molar-refractivity contribution is -0.136. The highest BCUT2D eigenvalue weighted by atomic mass is 35.5. The number of hydrogen-bond donors (Lipinski definition) is 8. The van der Waals surface area contributed by atoms with Gasteiger partial charge < -0.3 is 49.1 Å². The van der Waals surface area contributed by atoms with E-state index in [0.29, 0.717) is 110 Å². The summed E-state index contributed by atoms with van der Waals surface area (Å²) in [5.41, 5.74) is 23.3. The summed E-state index contributed by atoms with van der Waals surface area (Å²) >= 11 is 0. The van der Waals surface area contributed by atoms with E-state index in [2.05, 4.69) is 21.3 Å². The Balaban J connectivity index is -0.00000208. The molecule has 0 aliphatic heterocycles. The minimum Gasteiger partial charge on any atom is -0.356 e. The number of carbonyl (C=O) groups excluding carboxylic acids is 5. The van der Waals surface area contributed by atoms with E-state index >= 15 is 0 Å². The van der Waals surface area contributed by atoms with Gasteiger partial charge in [0.2, 0.25) is 29.5 Å². The monoisotopic (exact) mass is 865 g/mol. The summed E-state index contributed by atoms with van der Waals surface area (Å²) in [4.78, 5) is 65.9. The van der Waals surface area contributed by atoms with Crippen LogP contribution in [0.4, 0.5) is 0 Å². The lowest BCUT2D eigenvalue weighted by Crippen LogP contribution is -2.51. The van der Waals surface area contributed by atoms with Crippen molar-refractivity contribution in [3.05, 3.63) is 24.3 Å². The second-order valence-corrected chi connectivity index (χ2v) is 12.9. The van der Waals surface area contributed by atoms with Crippen molar-refractivity contribution in [2.75, 3.05) is 52.4 Å². The van der Waals surface area contributed by atoms with Gasteiger partial charge in [0, 0.05) is 52.1 Å². The number of nitrogens with one attached hydrogen (secondary N) is 4. The minimum atomic E-state index is -0.777. The maximum absolute atomic E-state index is 14.1. The zero-order chi connectivity index (χ0) is 38.1. The van der Waals surface area contributed by atoms with E-state index in [9.17, 15) is 24.0 Å². The highest BCUT2D eigenvalue weighted by Crippen LogP contribution is 2.08. The van der Waals surface area contributed by atoms with Crippen LogP contribution in [0.2, 0.25) is 0 Å². The Morgan fingerprint density at radius 2 is 0.982 bits per heavy atom. The second-order valence-electron chi connectivity index (χ2n) is 12.9. The van der Waals surface area contributed by atoms with Crippen LogP contribution in [0.15, 0.2) is 24.3 Å². The first-order chi connectivity index (χ1) is 24.6. The SMILES string of the molecule is CC/C=C\CCC(=O)NCCCCN(CCCNC(=O)CC/C=C\CC)C(=O)C(CNC(=O)[C@@H](N)CCCCN)CNC(=O)[C@@H](N)CCCCN.Cl.Cl.Cl.Cl. The van der Waals surface area contributed by atoms with E-state index < -0.39 is 18.0 Å². The average Bonchev–Trinajstić information content (AvgIpc) is 3.12. The molecule has 0 spiro atoms. The van der Waals surface area contributed by atoms with E-state index in [1.54, 1.807) is 4.90 Å². The summed E-state index contributed by atoms with van der Waals surface area (Å²) in [6, 6.07) is -1.49. The first kappa shape index (κ1) is 62.0. The van der Waals surface area contributed by atoms with Crippen molar-refractivity contribution in [1.29, 1.82) is 0 Å². The number of rotatable bonds is 32. The van der Waals surface area contributed by atoms with Crippen LogP contribution in [0.5, 0.6) is 0 Å². The summed E-state index contributed by atoms with van der Waals surface area (Å²) < 4.78 is 0. The van der Waals surface area contributed by atoms with Gasteiger partial charge in [-0.2, -0.15) is 0 Å². The number of halogens is 4. The van der Waals surface area contributed by atoms with Gasteiger partial charge in [-0.1, -0.05) is 51.0 Å². The van der Waals surface area contributed by atoms with Crippen LogP contribution in [0.1, 0.15) is 110 Å². The van der Waals surface area contributed by atoms with Crippen molar-refractivity contribution in [2.45, 2.75) is 122 Å². The molecule has 0 saturated heterocycles. The van der Waals surface area contributed by atoms with Gasteiger partial charge in [0.15, 0.2) is 0 Å². The second kappa shape index (κ2) is 43.0. The molecule has 0 aromatic carbocycles. The van der Waals surface area contributed by atoms with Crippen molar-refractivity contribution >= 4 is 79.2 Å². The van der Waals surface area contributed by atoms with E-state index in [1.807, 2.05) is 38.2 Å². The van der Waals surface area contributed by atoms with E-state index in [-0.39, 0.29) is 92.3 Å². The highest BCUT2D eigenvalue weighted by Gasteiger charge is 2.27. The largest absolute Gasteiger partial charge is 0.356 e. The number of allylic oxidation sites excluding steroid dienone is 4. The van der Waals surface area contributed by atoms with Crippen molar-refractivity contribution in [2.24, 2.45) is 28.9 Å². The van der Waals surface area contributed by atoms with Crippen LogP contribution in [-0.4, -0.2) is 98.9 Å². The molecule has 0 aliphatic carbocycles. The first-order valence-electron chi connectivity index (χ1n) is 19.2. The third kappa shape index (κ3) is 34.8. The van der Waals surface area contributed by atoms with Crippen molar-refractivity contribution < 1.29 is 24.0 Å². The predicted octanol–water partition coefficient (Wildman–Crippen LogP) is 3.16. The molecule has 14 nitrogen and oxygen atoms in total. The number of hydrogen-bond acceptors (Lipinski definition) is 9. The molecule has 5 amide bonds. The van der Waals surface area contributed by atoms with Crippen LogP contribution >= 0.6 is 49.6 Å². The lowest BCUT2D eigenvalue weighted by atomic mass is 10.0. The molecule has 0 aromatic rings. The van der Waals surface area contributed by atoms with Crippen LogP contribution in [0.3, 0.4) is 0 Å². The number of carbonyl (C=O) groups is 5. The highest BCUT2D eigenvalue weighted by molar-refractivity contribution is 5.86. The molecule has 0 heterocycles. The van der Waals surface area contributed by atoms with Gasteiger partial charge in [0.25, 0.3) is 0 Å². The Hall–Kier alpha value is -2.17. The smallest absolute Gasteiger partial charge is 0.236 e. The van der Waals surface area contributed by atoms with Crippen LogP contribution < -0.4 is 44.2 Å². The Morgan fingerprint density at radius 3 is 1.40 bits per heavy atom. The van der Waals surface area contributed by atoms with Gasteiger partial charge in [-0.15, -0.1) is 49.6 Å². The van der Waals surface area contributed by atoms with Gasteiger partial charge >= 0.3 is 0 Å². The minimum absolute atomic E-state index is 0. The predicted molar refractivity (Wildman–Crippen MR) is 234 cm³/mol. The Bertz CT molecular complexity index is 1010. The fraction of sp³-hybridized carbons (Fsp3) is 0.757. The molecule has 55 heavy (non-hydrogen) atoms. The third-order valence-corrected chi connectivity index (χ3v) is 8.30. The van der Waals surface area contributed by atoms with Gasteiger partial charge in [-0.05, 0) is 83.7 Å². The summed E-state index contributed by atoms with van der Waals surface area (Å²) in [6.45, 7) is 6.72. The van der Waals surface area contributed by atoms with Gasteiger partial charge in [0.1, 0.15) is 0 Å². The number of amides is 5. The maximum atomic E-state index is 14.1. The van der Waals surface area contributed by atoms with E-state index in [1.165, 1.54) is 0 Å². The van der Waals surface area contributed by atoms with Crippen molar-refractivity contribution in [3.63, 3.8) is 0 Å². The molecule has 2 atom stereocenters. The fourth-order valence-electron chi connectivity index (χ4n) is 5.15. The first-order valence-corrected chi connectivity index (χ1v) is 19.2. The van der Waals surface area contributed by atoms with Crippen molar-refractivity contribution in [1.82, 2.24) is 26.2 Å². The zero-order valence-electron chi connectivity index (χ0n) is 33.2. The fourth-order valence-corrected chi connectivity index (χ4v) is 5.15. The number of unbranched alkanes of at least 4 members (excludes halogenated alkanes) is 3.